The van der Waals surface area contributed by atoms with Crippen LogP contribution in [-0.4, -0.2) is 15.4 Å². The van der Waals surface area contributed by atoms with E-state index in [1.165, 1.54) is 13.0 Å². The number of carbonyl (C=O) groups excluding carboxylic acids is 1. The van der Waals surface area contributed by atoms with Crippen LogP contribution in [0.2, 0.25) is 0 Å². The highest BCUT2D eigenvalue weighted by molar-refractivity contribution is 5.90. The molecule has 1 aromatic heterocycles. The van der Waals surface area contributed by atoms with Crippen LogP contribution < -0.4 is 10.9 Å². The number of anilines is 1. The summed E-state index contributed by atoms with van der Waals surface area (Å²) in [7, 11) is 0. The van der Waals surface area contributed by atoms with E-state index in [-0.39, 0.29) is 17.8 Å². The van der Waals surface area contributed by atoms with Gasteiger partial charge in [0.25, 0.3) is 11.2 Å². The molecule has 1 N–H and O–H groups in total. The number of aryl methyl sites for hydroxylation is 1. The maximum Gasteiger partial charge on any atom is 0.286 e. The van der Waals surface area contributed by atoms with E-state index in [1.807, 2.05) is 12.1 Å². The van der Waals surface area contributed by atoms with Gasteiger partial charge in [-0.3, -0.25) is 24.3 Å². The van der Waals surface area contributed by atoms with Gasteiger partial charge in [-0.25, -0.2) is 0 Å². The number of hydrogen-bond donors (Lipinski definition) is 1. The molecule has 0 fully saturated rings. The summed E-state index contributed by atoms with van der Waals surface area (Å²) in [6, 6.07) is 8.61. The number of rotatable bonds is 5. The summed E-state index contributed by atoms with van der Waals surface area (Å²) in [4.78, 5) is 34.4. The lowest BCUT2D eigenvalue weighted by Crippen LogP contribution is -2.28. The molecule has 0 aliphatic carbocycles. The van der Waals surface area contributed by atoms with Gasteiger partial charge >= 0.3 is 0 Å². The Labute approximate surface area is 139 Å². The van der Waals surface area contributed by atoms with Gasteiger partial charge in [0, 0.05) is 17.3 Å². The number of aromatic nitrogens is 1. The standard InChI is InChI=1S/C17H19N3O4/c1-11(2)13-4-6-14(7-5-13)18-16(21)10-19-9-15(20(23)24)8-12(3)17(19)22/h4-9,11H,10H2,1-3H3,(H,18,21). The van der Waals surface area contributed by atoms with Gasteiger partial charge in [0.05, 0.1) is 11.1 Å². The zero-order valence-electron chi connectivity index (χ0n) is 13.8. The third-order valence-electron chi connectivity index (χ3n) is 3.64. The van der Waals surface area contributed by atoms with E-state index in [2.05, 4.69) is 19.2 Å². The monoisotopic (exact) mass is 329 g/mol. The van der Waals surface area contributed by atoms with Gasteiger partial charge in [0.2, 0.25) is 5.91 Å². The Hall–Kier alpha value is -2.96. The van der Waals surface area contributed by atoms with Gasteiger partial charge in [-0.1, -0.05) is 26.0 Å². The molecule has 0 atom stereocenters. The minimum Gasteiger partial charge on any atom is -0.325 e. The smallest absolute Gasteiger partial charge is 0.286 e. The van der Waals surface area contributed by atoms with Gasteiger partial charge in [-0.2, -0.15) is 0 Å². The minimum atomic E-state index is -0.592. The average Bonchev–Trinajstić information content (AvgIpc) is 2.51. The molecule has 2 rings (SSSR count). The van der Waals surface area contributed by atoms with Gasteiger partial charge in [0.15, 0.2) is 0 Å². The summed E-state index contributed by atoms with van der Waals surface area (Å²) in [6.45, 7) is 5.34. The van der Waals surface area contributed by atoms with Gasteiger partial charge in [-0.05, 0) is 30.5 Å². The summed E-state index contributed by atoms with van der Waals surface area (Å²) < 4.78 is 1.05. The molecule has 1 aromatic carbocycles. The van der Waals surface area contributed by atoms with E-state index in [1.54, 1.807) is 12.1 Å². The fourth-order valence-corrected chi connectivity index (χ4v) is 2.29. The maximum atomic E-state index is 12.1. The molecule has 126 valence electrons. The third-order valence-corrected chi connectivity index (χ3v) is 3.64. The maximum absolute atomic E-state index is 12.1. The van der Waals surface area contributed by atoms with Crippen molar-refractivity contribution in [2.75, 3.05) is 5.32 Å². The SMILES string of the molecule is Cc1cc([N+](=O)[O-])cn(CC(=O)Nc2ccc(C(C)C)cc2)c1=O. The first-order chi connectivity index (χ1) is 11.3. The van der Waals surface area contributed by atoms with E-state index >= 15 is 0 Å². The zero-order valence-corrected chi connectivity index (χ0v) is 13.8. The summed E-state index contributed by atoms with van der Waals surface area (Å²) in [5.74, 6) is -0.0320. The van der Waals surface area contributed by atoms with E-state index in [0.29, 0.717) is 11.6 Å². The minimum absolute atomic E-state index is 0.221. The van der Waals surface area contributed by atoms with Crippen molar-refractivity contribution in [1.82, 2.24) is 4.57 Å². The molecule has 0 radical (unpaired) electrons. The lowest BCUT2D eigenvalue weighted by atomic mass is 10.0. The topological polar surface area (TPSA) is 94.2 Å². The number of nitro groups is 1. The predicted molar refractivity (Wildman–Crippen MR) is 91.3 cm³/mol. The molecular weight excluding hydrogens is 310 g/mol. The Morgan fingerprint density at radius 1 is 1.29 bits per heavy atom. The fraction of sp³-hybridized carbons (Fsp3) is 0.294. The Morgan fingerprint density at radius 2 is 1.92 bits per heavy atom. The molecule has 0 aliphatic heterocycles. The van der Waals surface area contributed by atoms with E-state index in [9.17, 15) is 19.7 Å². The van der Waals surface area contributed by atoms with Crippen LogP contribution in [-0.2, 0) is 11.3 Å². The quantitative estimate of drug-likeness (QED) is 0.674. The predicted octanol–water partition coefficient (Wildman–Crippen LogP) is 2.83. The first-order valence-electron chi connectivity index (χ1n) is 7.53. The van der Waals surface area contributed by atoms with Crippen LogP contribution in [0.3, 0.4) is 0 Å². The Morgan fingerprint density at radius 3 is 2.46 bits per heavy atom. The lowest BCUT2D eigenvalue weighted by Gasteiger charge is -2.10. The zero-order chi connectivity index (χ0) is 17.9. The molecule has 0 saturated carbocycles. The van der Waals surface area contributed by atoms with Crippen molar-refractivity contribution < 1.29 is 9.72 Å². The summed E-state index contributed by atoms with van der Waals surface area (Å²) >= 11 is 0. The van der Waals surface area contributed by atoms with Crippen molar-refractivity contribution in [1.29, 1.82) is 0 Å². The molecule has 24 heavy (non-hydrogen) atoms. The van der Waals surface area contributed by atoms with Crippen LogP contribution >= 0.6 is 0 Å². The number of nitrogens with zero attached hydrogens (tertiary/aromatic N) is 2. The molecule has 0 spiro atoms. The second-order valence-corrected chi connectivity index (χ2v) is 5.90. The van der Waals surface area contributed by atoms with Crippen LogP contribution in [0.5, 0.6) is 0 Å². The van der Waals surface area contributed by atoms with E-state index in [0.717, 1.165) is 16.3 Å². The number of carbonyl (C=O) groups is 1. The molecule has 0 bridgehead atoms. The highest BCUT2D eigenvalue weighted by Gasteiger charge is 2.13. The van der Waals surface area contributed by atoms with Gasteiger partial charge in [-0.15, -0.1) is 0 Å². The molecule has 0 aliphatic rings. The van der Waals surface area contributed by atoms with Crippen LogP contribution in [0.1, 0.15) is 30.9 Å². The molecule has 1 heterocycles. The molecular formula is C17H19N3O4. The third kappa shape index (κ3) is 4.07. The Bertz CT molecular complexity index is 823. The highest BCUT2D eigenvalue weighted by atomic mass is 16.6. The Kier molecular flexibility index (Phi) is 5.13. The van der Waals surface area contributed by atoms with Crippen molar-refractivity contribution in [3.05, 3.63) is 68.1 Å². The second kappa shape index (κ2) is 7.08. The number of benzene rings is 1. The molecule has 7 nitrogen and oxygen atoms in total. The second-order valence-electron chi connectivity index (χ2n) is 5.90. The molecule has 0 unspecified atom stereocenters. The Balaban J connectivity index is 2.15. The average molecular weight is 329 g/mol. The first kappa shape index (κ1) is 17.4. The normalized spacial score (nSPS) is 10.7. The molecule has 2 aromatic rings. The summed E-state index contributed by atoms with van der Waals surface area (Å²) in [6.07, 6.45) is 1.08. The number of hydrogen-bond acceptors (Lipinski definition) is 4. The molecule has 1 amide bonds. The van der Waals surface area contributed by atoms with Crippen molar-refractivity contribution in [3.63, 3.8) is 0 Å². The van der Waals surface area contributed by atoms with Crippen LogP contribution in [0, 0.1) is 17.0 Å². The fourth-order valence-electron chi connectivity index (χ4n) is 2.29. The summed E-state index contributed by atoms with van der Waals surface area (Å²) in [5.41, 5.74) is 1.34. The van der Waals surface area contributed by atoms with Crippen molar-refractivity contribution in [2.45, 2.75) is 33.2 Å². The van der Waals surface area contributed by atoms with Crippen molar-refractivity contribution >= 4 is 17.3 Å². The first-order valence-corrected chi connectivity index (χ1v) is 7.53. The number of amides is 1. The van der Waals surface area contributed by atoms with Crippen LogP contribution in [0.15, 0.2) is 41.3 Å². The molecule has 0 saturated heterocycles. The summed E-state index contributed by atoms with van der Waals surface area (Å²) in [5, 5.41) is 13.6. The van der Waals surface area contributed by atoms with Gasteiger partial charge in [0.1, 0.15) is 6.54 Å². The number of nitrogens with one attached hydrogen (secondary N) is 1. The van der Waals surface area contributed by atoms with E-state index < -0.39 is 16.4 Å². The largest absolute Gasteiger partial charge is 0.325 e. The van der Waals surface area contributed by atoms with Crippen LogP contribution in [0.25, 0.3) is 0 Å². The van der Waals surface area contributed by atoms with Gasteiger partial charge < -0.3 is 5.32 Å². The highest BCUT2D eigenvalue weighted by Crippen LogP contribution is 2.17. The van der Waals surface area contributed by atoms with E-state index in [4.69, 9.17) is 0 Å². The molecule has 7 heteroatoms. The van der Waals surface area contributed by atoms with Crippen LogP contribution in [0.4, 0.5) is 11.4 Å². The van der Waals surface area contributed by atoms with Crippen molar-refractivity contribution in [3.8, 4) is 0 Å². The lowest BCUT2D eigenvalue weighted by molar-refractivity contribution is -0.385. The van der Waals surface area contributed by atoms with Crippen molar-refractivity contribution in [2.24, 2.45) is 0 Å². The number of pyridine rings is 1.